The van der Waals surface area contributed by atoms with Crippen molar-refractivity contribution >= 4 is 34.5 Å². The minimum atomic E-state index is 0.166. The summed E-state index contributed by atoms with van der Waals surface area (Å²) in [6, 6.07) is 4.03. The lowest BCUT2D eigenvalue weighted by atomic mass is 9.82. The SMILES string of the molecule is ClCCC1(c2ccc(Cl)s2)COC1. The van der Waals surface area contributed by atoms with E-state index >= 15 is 0 Å². The smallest absolute Gasteiger partial charge is 0.0931 e. The predicted molar refractivity (Wildman–Crippen MR) is 57.2 cm³/mol. The number of hydrogen-bond donors (Lipinski definition) is 0. The largest absolute Gasteiger partial charge is 0.379 e. The lowest BCUT2D eigenvalue weighted by Gasteiger charge is -2.40. The van der Waals surface area contributed by atoms with Crippen molar-refractivity contribution in [2.24, 2.45) is 0 Å². The lowest BCUT2D eigenvalue weighted by Crippen LogP contribution is -2.46. The Morgan fingerprint density at radius 2 is 2.23 bits per heavy atom. The van der Waals surface area contributed by atoms with Crippen LogP contribution in [0.2, 0.25) is 4.34 Å². The second-order valence-corrected chi connectivity index (χ2v) is 5.41. The van der Waals surface area contributed by atoms with Crippen LogP contribution in [-0.4, -0.2) is 19.1 Å². The topological polar surface area (TPSA) is 9.23 Å². The molecule has 1 aromatic rings. The van der Waals surface area contributed by atoms with E-state index < -0.39 is 0 Å². The van der Waals surface area contributed by atoms with E-state index in [0.717, 1.165) is 24.0 Å². The van der Waals surface area contributed by atoms with Gasteiger partial charge >= 0.3 is 0 Å². The molecule has 2 heterocycles. The van der Waals surface area contributed by atoms with E-state index in [1.54, 1.807) is 11.3 Å². The molecule has 72 valence electrons. The van der Waals surface area contributed by atoms with Gasteiger partial charge in [-0.1, -0.05) is 11.6 Å². The first-order valence-electron chi connectivity index (χ1n) is 4.16. The summed E-state index contributed by atoms with van der Waals surface area (Å²) in [4.78, 5) is 1.31. The minimum absolute atomic E-state index is 0.166. The quantitative estimate of drug-likeness (QED) is 0.733. The van der Waals surface area contributed by atoms with Crippen LogP contribution in [-0.2, 0) is 10.2 Å². The molecule has 0 saturated carbocycles. The molecule has 1 aliphatic heterocycles. The molecule has 1 fully saturated rings. The third kappa shape index (κ3) is 1.73. The Morgan fingerprint density at radius 1 is 1.46 bits per heavy atom. The van der Waals surface area contributed by atoms with Crippen molar-refractivity contribution < 1.29 is 4.74 Å². The second kappa shape index (κ2) is 3.77. The van der Waals surface area contributed by atoms with Crippen LogP contribution in [0.3, 0.4) is 0 Å². The fraction of sp³-hybridized carbons (Fsp3) is 0.556. The molecule has 0 bridgehead atoms. The Bertz CT molecular complexity index is 294. The number of halogens is 2. The Labute approximate surface area is 91.6 Å². The van der Waals surface area contributed by atoms with Crippen LogP contribution >= 0.6 is 34.5 Å². The molecule has 1 aromatic heterocycles. The maximum Gasteiger partial charge on any atom is 0.0931 e. The predicted octanol–water partition coefficient (Wildman–Crippen LogP) is 3.30. The van der Waals surface area contributed by atoms with E-state index in [4.69, 9.17) is 27.9 Å². The minimum Gasteiger partial charge on any atom is -0.379 e. The fourth-order valence-electron chi connectivity index (χ4n) is 1.54. The Morgan fingerprint density at radius 3 is 2.62 bits per heavy atom. The molecule has 0 aliphatic carbocycles. The van der Waals surface area contributed by atoms with Gasteiger partial charge < -0.3 is 4.74 Å². The number of ether oxygens (including phenoxy) is 1. The molecule has 13 heavy (non-hydrogen) atoms. The van der Waals surface area contributed by atoms with Gasteiger partial charge in [0.15, 0.2) is 0 Å². The Kier molecular flexibility index (Phi) is 2.84. The third-order valence-corrected chi connectivity index (χ3v) is 4.09. The highest BCUT2D eigenvalue weighted by Gasteiger charge is 2.40. The maximum absolute atomic E-state index is 5.89. The third-order valence-electron chi connectivity index (χ3n) is 2.43. The van der Waals surface area contributed by atoms with E-state index in [-0.39, 0.29) is 5.41 Å². The van der Waals surface area contributed by atoms with Gasteiger partial charge in [0.2, 0.25) is 0 Å². The van der Waals surface area contributed by atoms with Crippen molar-refractivity contribution in [3.8, 4) is 0 Å². The van der Waals surface area contributed by atoms with Gasteiger partial charge in [-0.2, -0.15) is 0 Å². The summed E-state index contributed by atoms with van der Waals surface area (Å²) in [5.41, 5.74) is 0.166. The van der Waals surface area contributed by atoms with Gasteiger partial charge in [-0.25, -0.2) is 0 Å². The van der Waals surface area contributed by atoms with Gasteiger partial charge in [-0.15, -0.1) is 22.9 Å². The Balaban J connectivity index is 2.21. The molecule has 1 saturated heterocycles. The van der Waals surface area contributed by atoms with Crippen LogP contribution in [0.1, 0.15) is 11.3 Å². The van der Waals surface area contributed by atoms with Gasteiger partial charge in [0.1, 0.15) is 0 Å². The normalized spacial score (nSPS) is 19.8. The maximum atomic E-state index is 5.89. The van der Waals surface area contributed by atoms with E-state index in [0.29, 0.717) is 5.88 Å². The van der Waals surface area contributed by atoms with E-state index in [1.165, 1.54) is 4.88 Å². The van der Waals surface area contributed by atoms with Gasteiger partial charge in [0, 0.05) is 10.8 Å². The highest BCUT2D eigenvalue weighted by molar-refractivity contribution is 7.16. The fourth-order valence-corrected chi connectivity index (χ4v) is 3.13. The van der Waals surface area contributed by atoms with Crippen molar-refractivity contribution in [2.45, 2.75) is 11.8 Å². The lowest BCUT2D eigenvalue weighted by molar-refractivity contribution is -0.0597. The molecule has 0 spiro atoms. The highest BCUT2D eigenvalue weighted by atomic mass is 35.5. The Hall–Kier alpha value is 0.240. The summed E-state index contributed by atoms with van der Waals surface area (Å²) in [6.07, 6.45) is 0.978. The first kappa shape index (κ1) is 9.78. The van der Waals surface area contributed by atoms with E-state index in [2.05, 4.69) is 6.07 Å². The molecular formula is C9H10Cl2OS. The molecular weight excluding hydrogens is 227 g/mol. The van der Waals surface area contributed by atoms with Crippen molar-refractivity contribution in [1.29, 1.82) is 0 Å². The second-order valence-electron chi connectivity index (χ2n) is 3.32. The zero-order valence-corrected chi connectivity index (χ0v) is 9.38. The molecule has 1 aliphatic rings. The van der Waals surface area contributed by atoms with Crippen LogP contribution in [0.5, 0.6) is 0 Å². The number of alkyl halides is 1. The summed E-state index contributed by atoms with van der Waals surface area (Å²) in [7, 11) is 0. The molecule has 0 aromatic carbocycles. The summed E-state index contributed by atoms with van der Waals surface area (Å²) in [5.74, 6) is 0.679. The van der Waals surface area contributed by atoms with Crippen LogP contribution in [0.15, 0.2) is 12.1 Å². The highest BCUT2D eigenvalue weighted by Crippen LogP contribution is 2.40. The average molecular weight is 237 g/mol. The number of rotatable bonds is 3. The van der Waals surface area contributed by atoms with Gasteiger partial charge in [-0.05, 0) is 18.6 Å². The van der Waals surface area contributed by atoms with E-state index in [9.17, 15) is 0 Å². The molecule has 0 radical (unpaired) electrons. The average Bonchev–Trinajstić information content (AvgIpc) is 2.44. The summed E-state index contributed by atoms with van der Waals surface area (Å²) in [6.45, 7) is 1.58. The molecule has 0 atom stereocenters. The summed E-state index contributed by atoms with van der Waals surface area (Å²) in [5, 5.41) is 0. The first-order valence-corrected chi connectivity index (χ1v) is 5.89. The van der Waals surface area contributed by atoms with Crippen LogP contribution in [0.4, 0.5) is 0 Å². The van der Waals surface area contributed by atoms with Crippen molar-refractivity contribution in [1.82, 2.24) is 0 Å². The van der Waals surface area contributed by atoms with Crippen molar-refractivity contribution in [2.75, 3.05) is 19.1 Å². The monoisotopic (exact) mass is 236 g/mol. The molecule has 0 unspecified atom stereocenters. The summed E-state index contributed by atoms with van der Waals surface area (Å²) < 4.78 is 6.10. The van der Waals surface area contributed by atoms with Crippen molar-refractivity contribution in [3.05, 3.63) is 21.3 Å². The molecule has 2 rings (SSSR count). The van der Waals surface area contributed by atoms with Crippen LogP contribution in [0.25, 0.3) is 0 Å². The van der Waals surface area contributed by atoms with Crippen molar-refractivity contribution in [3.63, 3.8) is 0 Å². The van der Waals surface area contributed by atoms with Crippen LogP contribution in [0, 0.1) is 0 Å². The zero-order chi connectivity index (χ0) is 9.31. The van der Waals surface area contributed by atoms with Gasteiger partial charge in [0.25, 0.3) is 0 Å². The number of thiophene rings is 1. The van der Waals surface area contributed by atoms with E-state index in [1.807, 2.05) is 6.07 Å². The van der Waals surface area contributed by atoms with Gasteiger partial charge in [0.05, 0.1) is 23.0 Å². The number of hydrogen-bond acceptors (Lipinski definition) is 2. The first-order chi connectivity index (χ1) is 6.27. The molecule has 4 heteroatoms. The van der Waals surface area contributed by atoms with Crippen LogP contribution < -0.4 is 0 Å². The molecule has 0 N–H and O–H groups in total. The summed E-state index contributed by atoms with van der Waals surface area (Å²) >= 11 is 13.3. The molecule has 1 nitrogen and oxygen atoms in total. The van der Waals surface area contributed by atoms with Gasteiger partial charge in [-0.3, -0.25) is 0 Å². The standard InChI is InChI=1S/C9H10Cl2OS/c10-4-3-9(5-12-6-9)7-1-2-8(11)13-7/h1-2H,3-6H2. The molecule has 0 amide bonds. The zero-order valence-electron chi connectivity index (χ0n) is 7.06.